The lowest BCUT2D eigenvalue weighted by molar-refractivity contribution is 0.184. The highest BCUT2D eigenvalue weighted by Gasteiger charge is 2.25. The molecule has 1 unspecified atom stereocenters. The van der Waals surface area contributed by atoms with E-state index in [1.807, 2.05) is 17.4 Å². The molecule has 2 aromatic carbocycles. The minimum atomic E-state index is -0.252. The van der Waals surface area contributed by atoms with Crippen LogP contribution < -0.4 is 0 Å². The summed E-state index contributed by atoms with van der Waals surface area (Å²) in [6, 6.07) is 14.6. The van der Waals surface area contributed by atoms with E-state index >= 15 is 0 Å². The van der Waals surface area contributed by atoms with Crippen molar-refractivity contribution >= 4 is 21.6 Å². The van der Waals surface area contributed by atoms with E-state index in [4.69, 9.17) is 9.40 Å². The molecule has 0 spiro atoms. The van der Waals surface area contributed by atoms with E-state index in [2.05, 4.69) is 28.1 Å². The van der Waals surface area contributed by atoms with E-state index in [1.54, 1.807) is 18.3 Å². The molecule has 28 heavy (non-hydrogen) atoms. The van der Waals surface area contributed by atoms with E-state index < -0.39 is 0 Å². The lowest BCUT2D eigenvalue weighted by Crippen LogP contribution is -2.33. The second kappa shape index (κ2) is 7.45. The van der Waals surface area contributed by atoms with Crippen molar-refractivity contribution in [3.8, 4) is 11.3 Å². The van der Waals surface area contributed by atoms with Crippen LogP contribution in [0.1, 0.15) is 29.7 Å². The molecule has 2 aromatic heterocycles. The average molecular weight is 393 g/mol. The second-order valence-corrected chi connectivity index (χ2v) is 8.28. The van der Waals surface area contributed by atoms with Crippen molar-refractivity contribution in [2.45, 2.75) is 25.3 Å². The minimum absolute atomic E-state index is 0.252. The lowest BCUT2D eigenvalue weighted by atomic mass is 9.99. The molecule has 6 heteroatoms. The van der Waals surface area contributed by atoms with Gasteiger partial charge < -0.3 is 4.42 Å². The SMILES string of the molecule is Fc1ccc(-c2cnc(CN3CCCC(c4nc5ccccc5s4)C3)o2)cc1. The smallest absolute Gasteiger partial charge is 0.209 e. The number of hydrogen-bond donors (Lipinski definition) is 0. The normalized spacial score (nSPS) is 18.0. The summed E-state index contributed by atoms with van der Waals surface area (Å²) in [5.74, 6) is 1.58. The lowest BCUT2D eigenvalue weighted by Gasteiger charge is -2.30. The first-order valence-corrected chi connectivity index (χ1v) is 10.3. The summed E-state index contributed by atoms with van der Waals surface area (Å²) in [6.07, 6.45) is 4.03. The van der Waals surface area contributed by atoms with Crippen LogP contribution in [0.5, 0.6) is 0 Å². The van der Waals surface area contributed by atoms with Gasteiger partial charge in [-0.2, -0.15) is 0 Å². The largest absolute Gasteiger partial charge is 0.439 e. The Labute approximate surface area is 166 Å². The first-order valence-electron chi connectivity index (χ1n) is 9.53. The molecule has 4 nitrogen and oxygen atoms in total. The van der Waals surface area contributed by atoms with Gasteiger partial charge in [-0.1, -0.05) is 12.1 Å². The molecule has 0 amide bonds. The highest BCUT2D eigenvalue weighted by molar-refractivity contribution is 7.18. The van der Waals surface area contributed by atoms with Crippen LogP contribution >= 0.6 is 11.3 Å². The minimum Gasteiger partial charge on any atom is -0.439 e. The molecule has 0 saturated carbocycles. The predicted octanol–water partition coefficient (Wildman–Crippen LogP) is 5.47. The van der Waals surface area contributed by atoms with E-state index in [1.165, 1.54) is 28.3 Å². The molecular formula is C22H20FN3OS. The van der Waals surface area contributed by atoms with Gasteiger partial charge in [0.1, 0.15) is 5.82 Å². The maximum absolute atomic E-state index is 13.1. The van der Waals surface area contributed by atoms with Crippen molar-refractivity contribution in [2.24, 2.45) is 0 Å². The maximum Gasteiger partial charge on any atom is 0.209 e. The third kappa shape index (κ3) is 3.57. The Morgan fingerprint density at radius 1 is 1.14 bits per heavy atom. The number of nitrogens with zero attached hydrogens (tertiary/aromatic N) is 3. The van der Waals surface area contributed by atoms with E-state index in [0.29, 0.717) is 24.1 Å². The van der Waals surface area contributed by atoms with Gasteiger partial charge >= 0.3 is 0 Å². The van der Waals surface area contributed by atoms with Crippen molar-refractivity contribution in [1.82, 2.24) is 14.9 Å². The number of hydrogen-bond acceptors (Lipinski definition) is 5. The van der Waals surface area contributed by atoms with E-state index in [9.17, 15) is 4.39 Å². The monoisotopic (exact) mass is 393 g/mol. The number of likely N-dealkylation sites (tertiary alicyclic amines) is 1. The molecular weight excluding hydrogens is 373 g/mol. The second-order valence-electron chi connectivity index (χ2n) is 7.22. The molecule has 3 heterocycles. The number of piperidine rings is 1. The number of oxazole rings is 1. The third-order valence-electron chi connectivity index (χ3n) is 5.21. The highest BCUT2D eigenvalue weighted by atomic mass is 32.1. The fraction of sp³-hybridized carbons (Fsp3) is 0.273. The van der Waals surface area contributed by atoms with Gasteiger partial charge in [-0.25, -0.2) is 14.4 Å². The zero-order chi connectivity index (χ0) is 18.9. The van der Waals surface area contributed by atoms with Gasteiger partial charge in [-0.15, -0.1) is 11.3 Å². The van der Waals surface area contributed by atoms with Crippen molar-refractivity contribution in [3.63, 3.8) is 0 Å². The summed E-state index contributed by atoms with van der Waals surface area (Å²) in [6.45, 7) is 2.69. The first-order chi connectivity index (χ1) is 13.7. The van der Waals surface area contributed by atoms with Gasteiger partial charge in [-0.05, 0) is 55.8 Å². The number of para-hydroxylation sites is 1. The summed E-state index contributed by atoms with van der Waals surface area (Å²) in [4.78, 5) is 11.7. The van der Waals surface area contributed by atoms with Gasteiger partial charge in [0.2, 0.25) is 5.89 Å². The fourth-order valence-electron chi connectivity index (χ4n) is 3.79. The molecule has 1 aliphatic rings. The van der Waals surface area contributed by atoms with Crippen molar-refractivity contribution < 1.29 is 8.81 Å². The standard InChI is InChI=1S/C22H20FN3OS/c23-17-9-7-15(8-10-17)19-12-24-21(27-19)14-26-11-3-4-16(13-26)22-25-18-5-1-2-6-20(18)28-22/h1-2,5-10,12,16H,3-4,11,13-14H2. The van der Waals surface area contributed by atoms with Crippen molar-refractivity contribution in [1.29, 1.82) is 0 Å². The molecule has 142 valence electrons. The summed E-state index contributed by atoms with van der Waals surface area (Å²) in [7, 11) is 0. The van der Waals surface area contributed by atoms with Crippen LogP contribution in [0.4, 0.5) is 4.39 Å². The topological polar surface area (TPSA) is 42.2 Å². The quantitative estimate of drug-likeness (QED) is 0.461. The molecule has 0 N–H and O–H groups in total. The molecule has 1 aliphatic heterocycles. The van der Waals surface area contributed by atoms with E-state index in [-0.39, 0.29) is 5.82 Å². The molecule has 1 atom stereocenters. The third-order valence-corrected chi connectivity index (χ3v) is 6.41. The molecule has 0 bridgehead atoms. The van der Waals surface area contributed by atoms with Crippen LogP contribution in [0.2, 0.25) is 0 Å². The van der Waals surface area contributed by atoms with Crippen LogP contribution in [-0.2, 0) is 6.54 Å². The number of benzene rings is 2. The Kier molecular flexibility index (Phi) is 4.66. The van der Waals surface area contributed by atoms with Crippen LogP contribution in [0, 0.1) is 5.82 Å². The maximum atomic E-state index is 13.1. The van der Waals surface area contributed by atoms with Gasteiger partial charge in [-0.3, -0.25) is 4.90 Å². The molecule has 1 saturated heterocycles. The molecule has 0 aliphatic carbocycles. The van der Waals surface area contributed by atoms with Gasteiger partial charge in [0.25, 0.3) is 0 Å². The summed E-state index contributed by atoms with van der Waals surface area (Å²) < 4.78 is 20.3. The Hall–Kier alpha value is -2.57. The zero-order valence-corrected chi connectivity index (χ0v) is 16.2. The molecule has 4 aromatic rings. The number of halogens is 1. The number of thiazole rings is 1. The van der Waals surface area contributed by atoms with Gasteiger partial charge in [0.05, 0.1) is 28.0 Å². The summed E-state index contributed by atoms with van der Waals surface area (Å²) in [5.41, 5.74) is 1.93. The zero-order valence-electron chi connectivity index (χ0n) is 15.3. The van der Waals surface area contributed by atoms with E-state index in [0.717, 1.165) is 30.6 Å². The van der Waals surface area contributed by atoms with Crippen LogP contribution in [-0.4, -0.2) is 28.0 Å². The first kappa shape index (κ1) is 17.5. The Bertz CT molecular complexity index is 1060. The van der Waals surface area contributed by atoms with Crippen LogP contribution in [0.15, 0.2) is 59.1 Å². The average Bonchev–Trinajstić information content (AvgIpc) is 3.36. The van der Waals surface area contributed by atoms with Gasteiger partial charge in [0, 0.05) is 18.0 Å². The van der Waals surface area contributed by atoms with Crippen molar-refractivity contribution in [3.05, 3.63) is 71.4 Å². The summed E-state index contributed by atoms with van der Waals surface area (Å²) in [5, 5.41) is 1.23. The fourth-order valence-corrected chi connectivity index (χ4v) is 4.88. The van der Waals surface area contributed by atoms with Crippen molar-refractivity contribution in [2.75, 3.05) is 13.1 Å². The Balaban J connectivity index is 1.28. The van der Waals surface area contributed by atoms with Crippen LogP contribution in [0.3, 0.4) is 0 Å². The molecule has 1 fully saturated rings. The molecule has 5 rings (SSSR count). The van der Waals surface area contributed by atoms with Crippen LogP contribution in [0.25, 0.3) is 21.5 Å². The highest BCUT2D eigenvalue weighted by Crippen LogP contribution is 2.33. The number of aromatic nitrogens is 2. The number of rotatable bonds is 4. The molecule has 0 radical (unpaired) electrons. The Morgan fingerprint density at radius 2 is 2.00 bits per heavy atom. The number of fused-ring (bicyclic) bond motifs is 1. The Morgan fingerprint density at radius 3 is 2.86 bits per heavy atom. The summed E-state index contributed by atoms with van der Waals surface area (Å²) >= 11 is 1.81. The van der Waals surface area contributed by atoms with Gasteiger partial charge in [0.15, 0.2) is 5.76 Å². The predicted molar refractivity (Wildman–Crippen MR) is 109 cm³/mol.